The van der Waals surface area contributed by atoms with Gasteiger partial charge in [-0.05, 0) is 0 Å². The Labute approximate surface area is 141 Å². The van der Waals surface area contributed by atoms with Crippen molar-refractivity contribution >= 4 is 17.4 Å². The van der Waals surface area contributed by atoms with E-state index in [9.17, 15) is 22.8 Å². The van der Waals surface area contributed by atoms with Gasteiger partial charge in [0.25, 0.3) is 5.56 Å². The standard InChI is InChI=1S/C12H18N4O2.C2HF3O2/c1-2-11(17)9-16-12(18)7-10(8-14-16)15-5-3-13-4-6-15;3-2(4,5)1(6)7/h7-8,13H,2-6,9H2,1H3;(H,6,7). The molecule has 8 nitrogen and oxygen atoms in total. The second kappa shape index (κ2) is 9.16. The number of hydrogen-bond acceptors (Lipinski definition) is 6. The fourth-order valence-corrected chi connectivity index (χ4v) is 1.92. The molecule has 0 aromatic carbocycles. The number of carboxylic acids is 1. The lowest BCUT2D eigenvalue weighted by Gasteiger charge is -2.28. The maximum absolute atomic E-state index is 11.8. The van der Waals surface area contributed by atoms with Crippen molar-refractivity contribution in [3.05, 3.63) is 22.6 Å². The second-order valence-electron chi connectivity index (χ2n) is 5.14. The Hall–Kier alpha value is -2.43. The molecule has 0 unspecified atom stereocenters. The van der Waals surface area contributed by atoms with Crippen LogP contribution in [0.5, 0.6) is 0 Å². The Morgan fingerprint density at radius 2 is 1.88 bits per heavy atom. The van der Waals surface area contributed by atoms with Crippen molar-refractivity contribution in [3.63, 3.8) is 0 Å². The molecule has 1 aliphatic heterocycles. The highest BCUT2D eigenvalue weighted by atomic mass is 19.4. The zero-order valence-electron chi connectivity index (χ0n) is 13.5. The summed E-state index contributed by atoms with van der Waals surface area (Å²) in [6.07, 6.45) is -3.00. The van der Waals surface area contributed by atoms with Gasteiger partial charge in [-0.3, -0.25) is 9.59 Å². The molecule has 2 heterocycles. The summed E-state index contributed by atoms with van der Waals surface area (Å²) in [6, 6.07) is 1.56. The van der Waals surface area contributed by atoms with Crippen LogP contribution in [0.15, 0.2) is 17.1 Å². The van der Waals surface area contributed by atoms with E-state index in [1.165, 1.54) is 4.68 Å². The summed E-state index contributed by atoms with van der Waals surface area (Å²) in [7, 11) is 0. The fourth-order valence-electron chi connectivity index (χ4n) is 1.92. The molecular formula is C14H19F3N4O4. The van der Waals surface area contributed by atoms with E-state index >= 15 is 0 Å². The van der Waals surface area contributed by atoms with Crippen LogP contribution in [0.2, 0.25) is 0 Å². The van der Waals surface area contributed by atoms with Crippen LogP contribution >= 0.6 is 0 Å². The molecule has 0 spiro atoms. The van der Waals surface area contributed by atoms with Crippen molar-refractivity contribution in [2.45, 2.75) is 26.1 Å². The number of hydrogen-bond donors (Lipinski definition) is 2. The van der Waals surface area contributed by atoms with Gasteiger partial charge in [-0.15, -0.1) is 0 Å². The first-order valence-electron chi connectivity index (χ1n) is 7.49. The Kier molecular flexibility index (Phi) is 7.55. The van der Waals surface area contributed by atoms with Crippen LogP contribution in [0.25, 0.3) is 0 Å². The number of nitrogens with one attached hydrogen (secondary N) is 1. The minimum Gasteiger partial charge on any atom is -0.475 e. The second-order valence-corrected chi connectivity index (χ2v) is 5.14. The molecule has 0 atom stereocenters. The average molecular weight is 364 g/mol. The predicted octanol–water partition coefficient (Wildman–Crippen LogP) is 0.265. The SMILES string of the molecule is CCC(=O)Cn1ncc(N2CCNCC2)cc1=O.O=C(O)C(F)(F)F. The number of Topliss-reactive ketones (excluding diaryl/α,β-unsaturated/α-hetero) is 1. The summed E-state index contributed by atoms with van der Waals surface area (Å²) < 4.78 is 33.0. The molecule has 1 aromatic rings. The van der Waals surface area contributed by atoms with Crippen LogP contribution in [0.3, 0.4) is 0 Å². The molecule has 140 valence electrons. The van der Waals surface area contributed by atoms with E-state index in [0.717, 1.165) is 31.9 Å². The van der Waals surface area contributed by atoms with Gasteiger partial charge in [0.15, 0.2) is 5.78 Å². The maximum atomic E-state index is 11.8. The molecular weight excluding hydrogens is 345 g/mol. The van der Waals surface area contributed by atoms with Crippen molar-refractivity contribution in [2.24, 2.45) is 0 Å². The first kappa shape index (κ1) is 20.6. The van der Waals surface area contributed by atoms with Gasteiger partial charge < -0.3 is 15.3 Å². The van der Waals surface area contributed by atoms with Gasteiger partial charge in [-0.1, -0.05) is 6.92 Å². The average Bonchev–Trinajstić information content (AvgIpc) is 2.57. The number of carboxylic acid groups (broad SMARTS) is 1. The van der Waals surface area contributed by atoms with E-state index in [-0.39, 0.29) is 17.9 Å². The maximum Gasteiger partial charge on any atom is 0.490 e. The van der Waals surface area contributed by atoms with E-state index in [0.29, 0.717) is 6.42 Å². The number of aromatic nitrogens is 2. The summed E-state index contributed by atoms with van der Waals surface area (Å²) in [5.41, 5.74) is 0.620. The fraction of sp³-hybridized carbons (Fsp3) is 0.571. The number of rotatable bonds is 4. The van der Waals surface area contributed by atoms with Crippen LogP contribution in [0.4, 0.5) is 18.9 Å². The summed E-state index contributed by atoms with van der Waals surface area (Å²) >= 11 is 0. The van der Waals surface area contributed by atoms with Crippen molar-refractivity contribution in [3.8, 4) is 0 Å². The van der Waals surface area contributed by atoms with E-state index in [1.54, 1.807) is 19.2 Å². The molecule has 11 heteroatoms. The number of halogens is 3. The van der Waals surface area contributed by atoms with Gasteiger partial charge in [0.1, 0.15) is 6.54 Å². The van der Waals surface area contributed by atoms with Gasteiger partial charge >= 0.3 is 12.1 Å². The highest BCUT2D eigenvalue weighted by Crippen LogP contribution is 2.13. The molecule has 1 saturated heterocycles. The lowest BCUT2D eigenvalue weighted by molar-refractivity contribution is -0.192. The van der Waals surface area contributed by atoms with Crippen molar-refractivity contribution in [1.29, 1.82) is 0 Å². The van der Waals surface area contributed by atoms with Crippen LogP contribution in [0, 0.1) is 0 Å². The molecule has 2 rings (SSSR count). The Morgan fingerprint density at radius 3 is 2.32 bits per heavy atom. The molecule has 0 saturated carbocycles. The molecule has 0 amide bonds. The van der Waals surface area contributed by atoms with Gasteiger partial charge in [0.05, 0.1) is 11.9 Å². The molecule has 25 heavy (non-hydrogen) atoms. The van der Waals surface area contributed by atoms with Crippen LogP contribution < -0.4 is 15.8 Å². The largest absolute Gasteiger partial charge is 0.490 e. The van der Waals surface area contributed by atoms with Crippen molar-refractivity contribution in [1.82, 2.24) is 15.1 Å². The number of ketones is 1. The van der Waals surface area contributed by atoms with E-state index < -0.39 is 12.1 Å². The summed E-state index contributed by atoms with van der Waals surface area (Å²) in [5, 5.41) is 14.4. The number of aliphatic carboxylic acids is 1. The van der Waals surface area contributed by atoms with Gasteiger partial charge in [-0.2, -0.15) is 18.3 Å². The number of carbonyl (C=O) groups is 2. The smallest absolute Gasteiger partial charge is 0.475 e. The monoisotopic (exact) mass is 364 g/mol. The number of piperazine rings is 1. The molecule has 1 fully saturated rings. The molecule has 1 aromatic heterocycles. The summed E-state index contributed by atoms with van der Waals surface area (Å²) in [4.78, 5) is 34.2. The highest BCUT2D eigenvalue weighted by Gasteiger charge is 2.38. The Balaban J connectivity index is 0.000000381. The van der Waals surface area contributed by atoms with E-state index in [2.05, 4.69) is 15.3 Å². The third-order valence-electron chi connectivity index (χ3n) is 3.30. The van der Waals surface area contributed by atoms with Crippen molar-refractivity contribution < 1.29 is 27.9 Å². The number of carbonyl (C=O) groups excluding carboxylic acids is 1. The zero-order valence-corrected chi connectivity index (χ0v) is 13.5. The van der Waals surface area contributed by atoms with Gasteiger partial charge in [-0.25, -0.2) is 9.48 Å². The highest BCUT2D eigenvalue weighted by molar-refractivity contribution is 5.77. The van der Waals surface area contributed by atoms with E-state index in [4.69, 9.17) is 9.90 Å². The van der Waals surface area contributed by atoms with Crippen LogP contribution in [-0.2, 0) is 16.1 Å². The third kappa shape index (κ3) is 6.91. The number of anilines is 1. The van der Waals surface area contributed by atoms with Crippen molar-refractivity contribution in [2.75, 3.05) is 31.1 Å². The zero-order chi connectivity index (χ0) is 19.0. The first-order chi connectivity index (χ1) is 11.6. The quantitative estimate of drug-likeness (QED) is 0.790. The lowest BCUT2D eigenvalue weighted by atomic mass is 10.3. The topological polar surface area (TPSA) is 105 Å². The Bertz CT molecular complexity index is 654. The van der Waals surface area contributed by atoms with Gasteiger partial charge in [0, 0.05) is 38.7 Å². The van der Waals surface area contributed by atoms with Gasteiger partial charge in [0.2, 0.25) is 0 Å². The predicted molar refractivity (Wildman–Crippen MR) is 82.6 cm³/mol. The molecule has 2 N–H and O–H groups in total. The minimum absolute atomic E-state index is 0.0134. The number of nitrogens with zero attached hydrogens (tertiary/aromatic N) is 3. The van der Waals surface area contributed by atoms with Crippen LogP contribution in [-0.4, -0.2) is 59.0 Å². The lowest BCUT2D eigenvalue weighted by Crippen LogP contribution is -2.44. The molecule has 0 aliphatic carbocycles. The first-order valence-corrected chi connectivity index (χ1v) is 7.49. The molecule has 0 bridgehead atoms. The molecule has 0 radical (unpaired) electrons. The van der Waals surface area contributed by atoms with Crippen LogP contribution in [0.1, 0.15) is 13.3 Å². The third-order valence-corrected chi connectivity index (χ3v) is 3.30. The Morgan fingerprint density at radius 1 is 1.32 bits per heavy atom. The number of alkyl halides is 3. The summed E-state index contributed by atoms with van der Waals surface area (Å²) in [5.74, 6) is -2.74. The molecule has 1 aliphatic rings. The normalized spacial score (nSPS) is 14.5. The summed E-state index contributed by atoms with van der Waals surface area (Å²) in [6.45, 7) is 5.42. The minimum atomic E-state index is -5.08. The van der Waals surface area contributed by atoms with E-state index in [1.807, 2.05) is 0 Å².